The average Bonchev–Trinajstić information content (AvgIpc) is 3.33. The molecular formula is C37H51BrO4. The molecule has 0 bridgehead atoms. The second kappa shape index (κ2) is 9.94. The fraction of sp³-hybridized carbons (Fsp3) is 0.730. The number of carboxylic acid groups (broad SMARTS) is 1. The Bertz CT molecular complexity index is 1280. The van der Waals surface area contributed by atoms with E-state index in [9.17, 15) is 14.7 Å². The molecule has 0 aromatic heterocycles. The van der Waals surface area contributed by atoms with Gasteiger partial charge in [-0.05, 0) is 141 Å². The van der Waals surface area contributed by atoms with Crippen LogP contribution in [0.5, 0.6) is 0 Å². The molecule has 1 aromatic rings. The number of hydrogen-bond acceptors (Lipinski definition) is 3. The normalized spacial score (nSPS) is 45.5. The molecule has 5 saturated carbocycles. The molecule has 4 nitrogen and oxygen atoms in total. The molecule has 0 radical (unpaired) electrons. The summed E-state index contributed by atoms with van der Waals surface area (Å²) in [5.74, 6) is 1.27. The van der Waals surface area contributed by atoms with Crippen molar-refractivity contribution in [2.24, 2.45) is 56.7 Å². The van der Waals surface area contributed by atoms with Crippen molar-refractivity contribution in [2.45, 2.75) is 112 Å². The zero-order valence-electron chi connectivity index (χ0n) is 26.6. The lowest BCUT2D eigenvalue weighted by atomic mass is 9.32. The van der Waals surface area contributed by atoms with Crippen LogP contribution in [0.4, 0.5) is 0 Å². The standard InChI is InChI=1S/C37H51BrO4/c1-22(2)25-14-19-37(32(40)41)21-20-35(6)26(30(25)37)12-13-28-34(5)17-16-29(33(3,4)27(34)15-18-36(28,35)7)42-31(39)23-8-10-24(38)11-9-23/h8-11,25-30H,1,12-21H2,2-7H3,(H,40,41)/t25-,26?,27?,28?,29-,30?,34-,35+,36+,37-/m0/s1. The van der Waals surface area contributed by atoms with Crippen LogP contribution in [-0.4, -0.2) is 23.1 Å². The van der Waals surface area contributed by atoms with Crippen molar-refractivity contribution < 1.29 is 19.4 Å². The Balaban J connectivity index is 1.29. The largest absolute Gasteiger partial charge is 0.481 e. The maximum Gasteiger partial charge on any atom is 0.338 e. The molecular weight excluding hydrogens is 588 g/mol. The highest BCUT2D eigenvalue weighted by Gasteiger charge is 2.72. The van der Waals surface area contributed by atoms with Gasteiger partial charge in [0, 0.05) is 9.89 Å². The van der Waals surface area contributed by atoms with Gasteiger partial charge in [-0.3, -0.25) is 4.79 Å². The van der Waals surface area contributed by atoms with E-state index in [4.69, 9.17) is 4.74 Å². The fourth-order valence-electron chi connectivity index (χ4n) is 12.5. The zero-order valence-corrected chi connectivity index (χ0v) is 28.2. The molecule has 10 atom stereocenters. The number of hydrogen-bond donors (Lipinski definition) is 1. The number of aliphatic carboxylic acids is 1. The van der Waals surface area contributed by atoms with E-state index in [1.165, 1.54) is 18.4 Å². The summed E-state index contributed by atoms with van der Waals surface area (Å²) in [5.41, 5.74) is 1.59. The third kappa shape index (κ3) is 4.03. The zero-order chi connectivity index (χ0) is 30.5. The topological polar surface area (TPSA) is 63.6 Å². The van der Waals surface area contributed by atoms with Crippen LogP contribution in [0, 0.1) is 56.7 Å². The van der Waals surface area contributed by atoms with Gasteiger partial charge in [0.15, 0.2) is 0 Å². The number of ether oxygens (including phenoxy) is 1. The highest BCUT2D eigenvalue weighted by Crippen LogP contribution is 2.77. The molecule has 230 valence electrons. The van der Waals surface area contributed by atoms with Gasteiger partial charge >= 0.3 is 11.9 Å². The molecule has 1 N–H and O–H groups in total. The Labute approximate surface area is 261 Å². The van der Waals surface area contributed by atoms with Gasteiger partial charge in [0.2, 0.25) is 0 Å². The van der Waals surface area contributed by atoms with Crippen LogP contribution in [0.25, 0.3) is 0 Å². The molecule has 5 aliphatic rings. The van der Waals surface area contributed by atoms with Crippen LogP contribution in [0.2, 0.25) is 0 Å². The third-order valence-corrected chi connectivity index (χ3v) is 15.3. The summed E-state index contributed by atoms with van der Waals surface area (Å²) in [4.78, 5) is 26.1. The number of rotatable bonds is 4. The highest BCUT2D eigenvalue weighted by atomic mass is 79.9. The Morgan fingerprint density at radius 1 is 0.857 bits per heavy atom. The maximum absolute atomic E-state index is 13.2. The number of carbonyl (C=O) groups is 2. The summed E-state index contributed by atoms with van der Waals surface area (Å²) < 4.78 is 7.25. The second-order valence-corrected chi connectivity index (χ2v) is 17.3. The number of carbonyl (C=O) groups excluding carboxylic acids is 1. The van der Waals surface area contributed by atoms with E-state index in [0.29, 0.717) is 29.2 Å². The summed E-state index contributed by atoms with van der Waals surface area (Å²) in [6.45, 7) is 18.9. The lowest BCUT2D eigenvalue weighted by Gasteiger charge is -2.72. The molecule has 5 heteroatoms. The van der Waals surface area contributed by atoms with E-state index in [1.54, 1.807) is 0 Å². The number of allylic oxidation sites excluding steroid dienone is 1. The summed E-state index contributed by atoms with van der Waals surface area (Å²) in [6.07, 6.45) is 10.1. The number of carboxylic acids is 1. The molecule has 6 rings (SSSR count). The Hall–Kier alpha value is -1.62. The first-order valence-electron chi connectivity index (χ1n) is 16.5. The third-order valence-electron chi connectivity index (χ3n) is 14.8. The minimum absolute atomic E-state index is 0.0938. The van der Waals surface area contributed by atoms with Gasteiger partial charge in [0.1, 0.15) is 6.10 Å². The quantitative estimate of drug-likeness (QED) is 0.263. The van der Waals surface area contributed by atoms with Crippen molar-refractivity contribution in [1.82, 2.24) is 0 Å². The monoisotopic (exact) mass is 638 g/mol. The van der Waals surface area contributed by atoms with Crippen LogP contribution >= 0.6 is 15.9 Å². The number of fused-ring (bicyclic) bond motifs is 7. The van der Waals surface area contributed by atoms with Crippen molar-refractivity contribution in [3.63, 3.8) is 0 Å². The Morgan fingerprint density at radius 3 is 2.19 bits per heavy atom. The average molecular weight is 640 g/mol. The lowest BCUT2D eigenvalue weighted by Crippen LogP contribution is -2.67. The molecule has 4 unspecified atom stereocenters. The van der Waals surface area contributed by atoms with Crippen LogP contribution in [0.1, 0.15) is 116 Å². The van der Waals surface area contributed by atoms with E-state index in [-0.39, 0.29) is 39.7 Å². The maximum atomic E-state index is 13.2. The molecule has 0 saturated heterocycles. The number of benzene rings is 1. The van der Waals surface area contributed by atoms with Crippen molar-refractivity contribution in [2.75, 3.05) is 0 Å². The second-order valence-electron chi connectivity index (χ2n) is 16.4. The first-order valence-corrected chi connectivity index (χ1v) is 17.3. The molecule has 0 aliphatic heterocycles. The molecule has 5 aliphatic carbocycles. The van der Waals surface area contributed by atoms with Crippen LogP contribution in [-0.2, 0) is 9.53 Å². The van der Waals surface area contributed by atoms with Crippen molar-refractivity contribution in [3.05, 3.63) is 46.5 Å². The van der Waals surface area contributed by atoms with Gasteiger partial charge in [0.25, 0.3) is 0 Å². The van der Waals surface area contributed by atoms with Crippen LogP contribution in [0.3, 0.4) is 0 Å². The molecule has 0 amide bonds. The SMILES string of the molecule is C=C(C)[C@@H]1CC[C@]2(C(=O)O)CC[C@]3(C)C(CCC4[C@@]5(C)CC[C@H](OC(=O)c6ccc(Br)cc6)C(C)(C)C5CC[C@]43C)C12. The fourth-order valence-corrected chi connectivity index (χ4v) is 12.7. The van der Waals surface area contributed by atoms with Crippen LogP contribution < -0.4 is 0 Å². The van der Waals surface area contributed by atoms with Crippen LogP contribution in [0.15, 0.2) is 40.9 Å². The predicted octanol–water partition coefficient (Wildman–Crippen LogP) is 9.72. The number of halogens is 1. The first kappa shape index (κ1) is 30.4. The predicted molar refractivity (Wildman–Crippen MR) is 170 cm³/mol. The minimum Gasteiger partial charge on any atom is -0.481 e. The van der Waals surface area contributed by atoms with Gasteiger partial charge in [-0.1, -0.05) is 62.7 Å². The lowest BCUT2D eigenvalue weighted by molar-refractivity contribution is -0.248. The Morgan fingerprint density at radius 2 is 1.55 bits per heavy atom. The minimum atomic E-state index is -0.573. The first-order chi connectivity index (χ1) is 19.6. The van der Waals surface area contributed by atoms with Gasteiger partial charge in [-0.15, -0.1) is 0 Å². The van der Waals surface area contributed by atoms with Gasteiger partial charge in [-0.2, -0.15) is 0 Å². The van der Waals surface area contributed by atoms with E-state index in [0.717, 1.165) is 55.8 Å². The van der Waals surface area contributed by atoms with E-state index < -0.39 is 11.4 Å². The number of esters is 1. The molecule has 1 aromatic carbocycles. The van der Waals surface area contributed by atoms with Crippen molar-refractivity contribution in [1.29, 1.82) is 0 Å². The van der Waals surface area contributed by atoms with E-state index in [1.807, 2.05) is 24.3 Å². The van der Waals surface area contributed by atoms with E-state index >= 15 is 0 Å². The molecule has 0 heterocycles. The van der Waals surface area contributed by atoms with E-state index in [2.05, 4.69) is 64.1 Å². The summed E-state index contributed by atoms with van der Waals surface area (Å²) in [6, 6.07) is 7.47. The summed E-state index contributed by atoms with van der Waals surface area (Å²) in [5, 5.41) is 10.6. The Kier molecular flexibility index (Phi) is 7.20. The van der Waals surface area contributed by atoms with Crippen molar-refractivity contribution >= 4 is 27.9 Å². The van der Waals surface area contributed by atoms with Gasteiger partial charge < -0.3 is 9.84 Å². The van der Waals surface area contributed by atoms with Gasteiger partial charge in [-0.25, -0.2) is 4.79 Å². The van der Waals surface area contributed by atoms with Gasteiger partial charge in [0.05, 0.1) is 11.0 Å². The van der Waals surface area contributed by atoms with Crippen molar-refractivity contribution in [3.8, 4) is 0 Å². The summed E-state index contributed by atoms with van der Waals surface area (Å²) >= 11 is 3.46. The molecule has 5 fully saturated rings. The highest BCUT2D eigenvalue weighted by molar-refractivity contribution is 9.10. The molecule has 0 spiro atoms. The summed E-state index contributed by atoms with van der Waals surface area (Å²) in [7, 11) is 0. The smallest absolute Gasteiger partial charge is 0.338 e. The molecule has 42 heavy (non-hydrogen) atoms.